The number of carboxylic acid groups (broad SMARTS) is 1. The molecular weight excluding hydrogens is 320 g/mol. The van der Waals surface area contributed by atoms with Crippen LogP contribution in [0.15, 0.2) is 48.5 Å². The number of benzene rings is 2. The molecule has 5 heteroatoms. The van der Waals surface area contributed by atoms with E-state index in [9.17, 15) is 9.59 Å². The number of aliphatic carboxylic acids is 1. The third-order valence-corrected chi connectivity index (χ3v) is 3.25. The topological polar surface area (TPSA) is 72.8 Å². The fraction of sp³-hybridized carbons (Fsp3) is 0.300. The Kier molecular flexibility index (Phi) is 5.80. The standard InChI is InChI=1S/C20H22O5/c1-20(2,3)25-19(23)16-6-4-5-15(11-16)13-24-17-9-7-14(8-10-17)12-18(21)22/h4-11H,12-13H2,1-3H3,(H,21,22). The van der Waals surface area contributed by atoms with Crippen molar-refractivity contribution in [1.29, 1.82) is 0 Å². The summed E-state index contributed by atoms with van der Waals surface area (Å²) >= 11 is 0. The fourth-order valence-corrected chi connectivity index (χ4v) is 2.17. The van der Waals surface area contributed by atoms with E-state index >= 15 is 0 Å². The van der Waals surface area contributed by atoms with Crippen LogP contribution in [0.1, 0.15) is 42.3 Å². The summed E-state index contributed by atoms with van der Waals surface area (Å²) in [5, 5.41) is 8.76. The summed E-state index contributed by atoms with van der Waals surface area (Å²) in [4.78, 5) is 22.8. The Morgan fingerprint density at radius 3 is 2.28 bits per heavy atom. The maximum atomic E-state index is 12.1. The van der Waals surface area contributed by atoms with Gasteiger partial charge in [-0.05, 0) is 56.2 Å². The smallest absolute Gasteiger partial charge is 0.338 e. The van der Waals surface area contributed by atoms with Crippen molar-refractivity contribution >= 4 is 11.9 Å². The average molecular weight is 342 g/mol. The van der Waals surface area contributed by atoms with Crippen LogP contribution < -0.4 is 4.74 Å². The predicted octanol–water partition coefficient (Wildman–Crippen LogP) is 3.85. The molecule has 0 heterocycles. The van der Waals surface area contributed by atoms with E-state index in [0.29, 0.717) is 23.5 Å². The Hall–Kier alpha value is -2.82. The van der Waals surface area contributed by atoms with Gasteiger partial charge >= 0.3 is 11.9 Å². The lowest BCUT2D eigenvalue weighted by atomic mass is 10.1. The van der Waals surface area contributed by atoms with Gasteiger partial charge in [0.2, 0.25) is 0 Å². The first-order valence-electron chi connectivity index (χ1n) is 7.99. The number of carboxylic acids is 1. The van der Waals surface area contributed by atoms with Crippen LogP contribution in [-0.2, 0) is 22.6 Å². The van der Waals surface area contributed by atoms with Gasteiger partial charge in [-0.3, -0.25) is 4.79 Å². The van der Waals surface area contributed by atoms with Crippen LogP contribution >= 0.6 is 0 Å². The first-order valence-corrected chi connectivity index (χ1v) is 7.99. The van der Waals surface area contributed by atoms with Crippen LogP contribution in [0.5, 0.6) is 5.75 Å². The minimum atomic E-state index is -0.868. The number of esters is 1. The molecule has 0 aliphatic heterocycles. The SMILES string of the molecule is CC(C)(C)OC(=O)c1cccc(COc2ccc(CC(=O)O)cc2)c1. The van der Waals surface area contributed by atoms with E-state index in [4.69, 9.17) is 14.6 Å². The minimum absolute atomic E-state index is 0.0157. The van der Waals surface area contributed by atoms with Gasteiger partial charge in [0.25, 0.3) is 0 Å². The molecule has 0 radical (unpaired) electrons. The molecule has 0 spiro atoms. The summed E-state index contributed by atoms with van der Waals surface area (Å²) < 4.78 is 11.0. The van der Waals surface area contributed by atoms with Crippen molar-refractivity contribution in [2.45, 2.75) is 39.4 Å². The molecule has 5 nitrogen and oxygen atoms in total. The van der Waals surface area contributed by atoms with Crippen LogP contribution in [0.3, 0.4) is 0 Å². The van der Waals surface area contributed by atoms with Crippen LogP contribution in [0, 0.1) is 0 Å². The molecular formula is C20H22O5. The molecule has 2 rings (SSSR count). The van der Waals surface area contributed by atoms with Crippen molar-refractivity contribution in [3.63, 3.8) is 0 Å². The molecule has 0 unspecified atom stereocenters. The zero-order valence-corrected chi connectivity index (χ0v) is 14.6. The lowest BCUT2D eigenvalue weighted by molar-refractivity contribution is -0.136. The molecule has 0 saturated carbocycles. The summed E-state index contributed by atoms with van der Waals surface area (Å²) in [6, 6.07) is 14.0. The Balaban J connectivity index is 1.98. The van der Waals surface area contributed by atoms with Gasteiger partial charge in [-0.2, -0.15) is 0 Å². The summed E-state index contributed by atoms with van der Waals surface area (Å²) in [7, 11) is 0. The van der Waals surface area contributed by atoms with Gasteiger partial charge in [-0.25, -0.2) is 4.79 Å². The highest BCUT2D eigenvalue weighted by atomic mass is 16.6. The van der Waals surface area contributed by atoms with E-state index in [2.05, 4.69) is 0 Å². The van der Waals surface area contributed by atoms with Crippen molar-refractivity contribution in [3.8, 4) is 5.75 Å². The van der Waals surface area contributed by atoms with Gasteiger partial charge in [0, 0.05) is 0 Å². The minimum Gasteiger partial charge on any atom is -0.489 e. The highest BCUT2D eigenvalue weighted by Gasteiger charge is 2.17. The molecule has 2 aromatic rings. The summed E-state index contributed by atoms with van der Waals surface area (Å²) in [6.07, 6.45) is -0.0157. The normalized spacial score (nSPS) is 11.0. The second kappa shape index (κ2) is 7.83. The molecule has 0 aromatic heterocycles. The number of hydrogen-bond acceptors (Lipinski definition) is 4. The molecule has 0 aliphatic rings. The third kappa shape index (κ3) is 6.30. The molecule has 0 amide bonds. The highest BCUT2D eigenvalue weighted by molar-refractivity contribution is 5.89. The molecule has 0 bridgehead atoms. The quantitative estimate of drug-likeness (QED) is 0.807. The maximum absolute atomic E-state index is 12.1. The zero-order chi connectivity index (χ0) is 18.4. The predicted molar refractivity (Wildman–Crippen MR) is 93.7 cm³/mol. The largest absolute Gasteiger partial charge is 0.489 e. The molecule has 0 fully saturated rings. The Labute approximate surface area is 147 Å². The van der Waals surface area contributed by atoms with Gasteiger partial charge in [0.05, 0.1) is 12.0 Å². The molecule has 25 heavy (non-hydrogen) atoms. The zero-order valence-electron chi connectivity index (χ0n) is 14.6. The lowest BCUT2D eigenvalue weighted by Gasteiger charge is -2.19. The number of carbonyl (C=O) groups is 2. The monoisotopic (exact) mass is 342 g/mol. The van der Waals surface area contributed by atoms with Crippen LogP contribution in [0.25, 0.3) is 0 Å². The summed E-state index contributed by atoms with van der Waals surface area (Å²) in [5.41, 5.74) is 1.50. The van der Waals surface area contributed by atoms with E-state index in [1.165, 1.54) is 0 Å². The van der Waals surface area contributed by atoms with Gasteiger partial charge in [0.15, 0.2) is 0 Å². The molecule has 0 atom stereocenters. The van der Waals surface area contributed by atoms with Crippen molar-refractivity contribution in [1.82, 2.24) is 0 Å². The summed E-state index contributed by atoms with van der Waals surface area (Å²) in [5.74, 6) is -0.600. The Bertz CT molecular complexity index is 741. The summed E-state index contributed by atoms with van der Waals surface area (Å²) in [6.45, 7) is 5.78. The number of rotatable bonds is 6. The van der Waals surface area contributed by atoms with Crippen molar-refractivity contribution in [2.75, 3.05) is 0 Å². The Morgan fingerprint density at radius 2 is 1.68 bits per heavy atom. The van der Waals surface area contributed by atoms with E-state index in [1.54, 1.807) is 42.5 Å². The van der Waals surface area contributed by atoms with Crippen molar-refractivity contribution < 1.29 is 24.2 Å². The molecule has 132 valence electrons. The first-order chi connectivity index (χ1) is 11.7. The number of hydrogen-bond donors (Lipinski definition) is 1. The average Bonchev–Trinajstić information content (AvgIpc) is 2.52. The van der Waals surface area contributed by atoms with Gasteiger partial charge in [-0.1, -0.05) is 24.3 Å². The van der Waals surface area contributed by atoms with Crippen molar-refractivity contribution in [3.05, 3.63) is 65.2 Å². The highest BCUT2D eigenvalue weighted by Crippen LogP contribution is 2.17. The van der Waals surface area contributed by atoms with Crippen LogP contribution in [0.4, 0.5) is 0 Å². The second-order valence-electron chi connectivity index (χ2n) is 6.71. The molecule has 0 aliphatic carbocycles. The fourth-order valence-electron chi connectivity index (χ4n) is 2.17. The second-order valence-corrected chi connectivity index (χ2v) is 6.71. The number of ether oxygens (including phenoxy) is 2. The first kappa shape index (κ1) is 18.5. The molecule has 0 saturated heterocycles. The Morgan fingerprint density at radius 1 is 1.00 bits per heavy atom. The third-order valence-electron chi connectivity index (χ3n) is 3.25. The maximum Gasteiger partial charge on any atom is 0.338 e. The van der Waals surface area contributed by atoms with Gasteiger partial charge < -0.3 is 14.6 Å². The van der Waals surface area contributed by atoms with Crippen LogP contribution in [0.2, 0.25) is 0 Å². The lowest BCUT2D eigenvalue weighted by Crippen LogP contribution is -2.23. The van der Waals surface area contributed by atoms with Crippen molar-refractivity contribution in [2.24, 2.45) is 0 Å². The molecule has 1 N–H and O–H groups in total. The van der Waals surface area contributed by atoms with E-state index in [-0.39, 0.29) is 12.4 Å². The van der Waals surface area contributed by atoms with Gasteiger partial charge in [0.1, 0.15) is 18.0 Å². The van der Waals surface area contributed by atoms with Gasteiger partial charge in [-0.15, -0.1) is 0 Å². The van der Waals surface area contributed by atoms with E-state index < -0.39 is 11.6 Å². The van der Waals surface area contributed by atoms with E-state index in [0.717, 1.165) is 5.56 Å². The number of carbonyl (C=O) groups excluding carboxylic acids is 1. The van der Waals surface area contributed by atoms with E-state index in [1.807, 2.05) is 26.8 Å². The molecule has 2 aromatic carbocycles. The van der Waals surface area contributed by atoms with Crippen LogP contribution in [-0.4, -0.2) is 22.6 Å².